The SMILES string of the molecule is CC(C)CN1[C@H](c2c(F)cc(OCCN3CC(CF)C3)cc2F)c2ccc3c(oc(=O)n3C)c2C[C@H]1C. The molecule has 5 rings (SSSR count). The minimum Gasteiger partial charge on any atom is -0.492 e. The van der Waals surface area contributed by atoms with E-state index in [1.807, 2.05) is 13.0 Å². The highest BCUT2D eigenvalue weighted by Gasteiger charge is 2.38. The third-order valence-electron chi connectivity index (χ3n) is 7.62. The van der Waals surface area contributed by atoms with E-state index in [2.05, 4.69) is 23.6 Å². The fourth-order valence-electron chi connectivity index (χ4n) is 5.76. The first-order valence-corrected chi connectivity index (χ1v) is 12.9. The summed E-state index contributed by atoms with van der Waals surface area (Å²) in [6, 6.07) is 5.42. The molecule has 2 aromatic carbocycles. The zero-order valence-corrected chi connectivity index (χ0v) is 21.8. The van der Waals surface area contributed by atoms with E-state index in [4.69, 9.17) is 9.15 Å². The second kappa shape index (κ2) is 10.2. The Morgan fingerprint density at radius 1 is 1.16 bits per heavy atom. The maximum Gasteiger partial charge on any atom is 0.419 e. The van der Waals surface area contributed by atoms with Crippen LogP contribution in [0.5, 0.6) is 5.75 Å². The van der Waals surface area contributed by atoms with Gasteiger partial charge in [0, 0.05) is 68.4 Å². The zero-order chi connectivity index (χ0) is 26.4. The van der Waals surface area contributed by atoms with Crippen LogP contribution in [-0.4, -0.2) is 59.9 Å². The topological polar surface area (TPSA) is 50.9 Å². The predicted octanol–water partition coefficient (Wildman–Crippen LogP) is 4.68. The molecular weight excluding hydrogens is 483 g/mol. The van der Waals surface area contributed by atoms with Crippen LogP contribution in [0.25, 0.3) is 11.1 Å². The van der Waals surface area contributed by atoms with Crippen LogP contribution in [0.2, 0.25) is 0 Å². The second-order valence-corrected chi connectivity index (χ2v) is 10.9. The number of rotatable bonds is 8. The first-order valence-electron chi connectivity index (χ1n) is 12.9. The number of hydrogen-bond acceptors (Lipinski definition) is 5. The Kier molecular flexibility index (Phi) is 7.11. The summed E-state index contributed by atoms with van der Waals surface area (Å²) in [4.78, 5) is 16.4. The van der Waals surface area contributed by atoms with Gasteiger partial charge in [-0.05, 0) is 30.9 Å². The Morgan fingerprint density at radius 3 is 2.51 bits per heavy atom. The monoisotopic (exact) mass is 517 g/mol. The Bertz CT molecular complexity index is 1320. The number of alkyl halides is 1. The van der Waals surface area contributed by atoms with Gasteiger partial charge in [0.1, 0.15) is 24.0 Å². The average molecular weight is 518 g/mol. The number of fused-ring (bicyclic) bond motifs is 3. The number of oxazole rings is 1. The molecule has 0 bridgehead atoms. The minimum atomic E-state index is -0.677. The summed E-state index contributed by atoms with van der Waals surface area (Å²) in [5.41, 5.74) is 2.66. The molecule has 6 nitrogen and oxygen atoms in total. The van der Waals surface area contributed by atoms with Crippen molar-refractivity contribution < 1.29 is 22.3 Å². The third kappa shape index (κ3) is 4.79. The summed E-state index contributed by atoms with van der Waals surface area (Å²) in [7, 11) is 1.65. The fraction of sp³-hybridized carbons (Fsp3) is 0.536. The highest BCUT2D eigenvalue weighted by Crippen LogP contribution is 2.43. The van der Waals surface area contributed by atoms with E-state index in [-0.39, 0.29) is 42.5 Å². The number of halogens is 3. The number of aromatic nitrogens is 1. The number of benzene rings is 2. The maximum atomic E-state index is 15.7. The molecule has 200 valence electrons. The Morgan fingerprint density at radius 2 is 1.86 bits per heavy atom. The van der Waals surface area contributed by atoms with Crippen LogP contribution in [0.3, 0.4) is 0 Å². The van der Waals surface area contributed by atoms with Crippen LogP contribution >= 0.6 is 0 Å². The van der Waals surface area contributed by atoms with Crippen LogP contribution in [0.4, 0.5) is 13.2 Å². The van der Waals surface area contributed by atoms with Crippen molar-refractivity contribution in [3.63, 3.8) is 0 Å². The molecule has 9 heteroatoms. The van der Waals surface area contributed by atoms with Crippen LogP contribution in [0.1, 0.15) is 43.5 Å². The molecule has 37 heavy (non-hydrogen) atoms. The van der Waals surface area contributed by atoms with Gasteiger partial charge >= 0.3 is 5.76 Å². The molecule has 2 atom stereocenters. The van der Waals surface area contributed by atoms with E-state index >= 15 is 8.78 Å². The standard InChI is InChI=1S/C28H34F3N3O3/c1-16(2)13-34-17(3)9-21-20(5-6-24-27(21)37-28(35)32(24)4)26(34)25-22(30)10-19(11-23(25)31)36-8-7-33-14-18(12-29)15-33/h5-6,10-11,16-18,26H,7-9,12-15H2,1-4H3/t17-,26+/m1/s1. The van der Waals surface area contributed by atoms with Crippen LogP contribution in [0, 0.1) is 23.5 Å². The van der Waals surface area contributed by atoms with E-state index in [0.717, 1.165) is 11.1 Å². The molecule has 0 aliphatic carbocycles. The van der Waals surface area contributed by atoms with Crippen LogP contribution < -0.4 is 10.5 Å². The highest BCUT2D eigenvalue weighted by molar-refractivity contribution is 5.79. The largest absolute Gasteiger partial charge is 0.492 e. The van der Waals surface area contributed by atoms with Crippen molar-refractivity contribution in [3.8, 4) is 5.75 Å². The fourth-order valence-corrected chi connectivity index (χ4v) is 5.76. The molecule has 0 amide bonds. The van der Waals surface area contributed by atoms with Crippen molar-refractivity contribution >= 4 is 11.1 Å². The zero-order valence-electron chi connectivity index (χ0n) is 21.8. The van der Waals surface area contributed by atoms with Crippen LogP contribution in [0.15, 0.2) is 33.5 Å². The molecule has 1 fully saturated rings. The number of hydrogen-bond donors (Lipinski definition) is 0. The molecule has 0 N–H and O–H groups in total. The smallest absolute Gasteiger partial charge is 0.419 e. The molecule has 0 saturated carbocycles. The van der Waals surface area contributed by atoms with E-state index in [1.54, 1.807) is 13.1 Å². The van der Waals surface area contributed by atoms with Gasteiger partial charge < -0.3 is 9.15 Å². The lowest BCUT2D eigenvalue weighted by Crippen LogP contribution is -2.49. The van der Waals surface area contributed by atoms with Gasteiger partial charge in [0.2, 0.25) is 0 Å². The Labute approximate surface area is 214 Å². The number of nitrogens with zero attached hydrogens (tertiary/aromatic N) is 3. The van der Waals surface area contributed by atoms with Gasteiger partial charge in [-0.25, -0.2) is 13.6 Å². The molecule has 0 unspecified atom stereocenters. The molecule has 0 radical (unpaired) electrons. The number of likely N-dealkylation sites (tertiary alicyclic amines) is 1. The summed E-state index contributed by atoms with van der Waals surface area (Å²) >= 11 is 0. The molecule has 2 aliphatic heterocycles. The second-order valence-electron chi connectivity index (χ2n) is 10.9. The van der Waals surface area contributed by atoms with E-state index in [9.17, 15) is 9.18 Å². The van der Waals surface area contributed by atoms with E-state index in [1.165, 1.54) is 16.7 Å². The third-order valence-corrected chi connectivity index (χ3v) is 7.62. The van der Waals surface area contributed by atoms with Gasteiger partial charge in [0.15, 0.2) is 5.58 Å². The summed E-state index contributed by atoms with van der Waals surface area (Å²) in [5.74, 6) is -1.33. The molecule has 3 heterocycles. The van der Waals surface area contributed by atoms with E-state index in [0.29, 0.717) is 43.7 Å². The average Bonchev–Trinajstić information content (AvgIpc) is 3.10. The summed E-state index contributed by atoms with van der Waals surface area (Å²) < 4.78 is 56.7. The van der Waals surface area contributed by atoms with Crippen molar-refractivity contribution in [2.45, 2.75) is 39.3 Å². The van der Waals surface area contributed by atoms with Crippen LogP contribution in [-0.2, 0) is 13.5 Å². The lowest BCUT2D eigenvalue weighted by Gasteiger charge is -2.43. The molecule has 1 saturated heterocycles. The lowest BCUT2D eigenvalue weighted by atomic mass is 9.83. The molecular formula is C28H34F3N3O3. The van der Waals surface area contributed by atoms with Gasteiger partial charge in [-0.3, -0.25) is 18.8 Å². The van der Waals surface area contributed by atoms with Crippen molar-refractivity contribution in [3.05, 3.63) is 63.1 Å². The maximum absolute atomic E-state index is 15.7. The van der Waals surface area contributed by atoms with Gasteiger partial charge in [-0.15, -0.1) is 0 Å². The van der Waals surface area contributed by atoms with Gasteiger partial charge in [-0.2, -0.15) is 0 Å². The van der Waals surface area contributed by atoms with Gasteiger partial charge in [0.05, 0.1) is 18.2 Å². The minimum absolute atomic E-state index is 0.0320. The normalized spacial score (nSPS) is 21.0. The molecule has 3 aromatic rings. The van der Waals surface area contributed by atoms with Gasteiger partial charge in [-0.1, -0.05) is 19.9 Å². The summed E-state index contributed by atoms with van der Waals surface area (Å²) in [5, 5.41) is 0. The quantitative estimate of drug-likeness (QED) is 0.434. The first kappa shape index (κ1) is 25.9. The summed E-state index contributed by atoms with van der Waals surface area (Å²) in [6.07, 6.45) is 0.604. The number of aryl methyl sites for hydroxylation is 1. The van der Waals surface area contributed by atoms with E-state index < -0.39 is 23.4 Å². The highest BCUT2D eigenvalue weighted by atomic mass is 19.1. The Balaban J connectivity index is 1.49. The Hall–Kier alpha value is -2.78. The van der Waals surface area contributed by atoms with Crippen molar-refractivity contribution in [2.75, 3.05) is 39.5 Å². The van der Waals surface area contributed by atoms with Gasteiger partial charge in [0.25, 0.3) is 0 Å². The lowest BCUT2D eigenvalue weighted by molar-refractivity contribution is 0.0667. The molecule has 0 spiro atoms. The van der Waals surface area contributed by atoms with Crippen molar-refractivity contribution in [1.29, 1.82) is 0 Å². The summed E-state index contributed by atoms with van der Waals surface area (Å²) in [6.45, 7) is 8.73. The predicted molar refractivity (Wildman–Crippen MR) is 136 cm³/mol. The molecule has 1 aromatic heterocycles. The number of ether oxygens (including phenoxy) is 1. The first-order chi connectivity index (χ1) is 17.7. The van der Waals surface area contributed by atoms with Crippen molar-refractivity contribution in [2.24, 2.45) is 18.9 Å². The van der Waals surface area contributed by atoms with Crippen molar-refractivity contribution in [1.82, 2.24) is 14.4 Å². The molecule has 2 aliphatic rings.